The molecular weight excluding hydrogens is 667 g/mol. The van der Waals surface area contributed by atoms with Gasteiger partial charge in [-0.2, -0.15) is 0 Å². The maximum Gasteiger partial charge on any atom is 0.143 e. The zero-order valence-corrected chi connectivity index (χ0v) is 30.4. The summed E-state index contributed by atoms with van der Waals surface area (Å²) in [5.41, 5.74) is 15.7. The van der Waals surface area contributed by atoms with Crippen LogP contribution in [0.25, 0.3) is 77.9 Å². The SMILES string of the molecule is C1=CC2=Cc3nc(C4=CCCC=C4)c4c(c3CC2C=C1)C1C=CC=CC1C(c1cccc(-c2cc3ccccc3c3c2oc2ccc5ccccc5c23)c1)=C4. The van der Waals surface area contributed by atoms with Gasteiger partial charge in [0.05, 0.1) is 11.4 Å². The second-order valence-electron chi connectivity index (χ2n) is 15.6. The van der Waals surface area contributed by atoms with Gasteiger partial charge in [0, 0.05) is 39.7 Å². The molecule has 2 aromatic heterocycles. The van der Waals surface area contributed by atoms with Crippen molar-refractivity contribution in [2.75, 3.05) is 0 Å². The number of furan rings is 1. The van der Waals surface area contributed by atoms with E-state index in [9.17, 15) is 0 Å². The molecule has 5 aliphatic rings. The van der Waals surface area contributed by atoms with E-state index in [1.54, 1.807) is 0 Å². The molecule has 0 bridgehead atoms. The standard InChI is InChI=1S/C53H37NO/c1-2-14-33(15-3-1)52-46-31-43(41-23-10-11-24-42(41)49(46)45-28-34-16-4-5-17-35(34)30-47(45)54-52)36-19-12-20-37(27-36)44-29-38-18-7-9-22-40(38)51-50-39-21-8-6-13-32(39)25-26-48(50)55-53(44)51/h2,4-27,29-31,34,41-42H,1,3,28H2. The summed E-state index contributed by atoms with van der Waals surface area (Å²) in [4.78, 5) is 5.52. The largest absolute Gasteiger partial charge is 0.455 e. The van der Waals surface area contributed by atoms with Crippen LogP contribution >= 0.6 is 0 Å². The van der Waals surface area contributed by atoms with E-state index < -0.39 is 0 Å². The Bertz CT molecular complexity index is 3080. The van der Waals surface area contributed by atoms with Crippen LogP contribution in [0.4, 0.5) is 0 Å². The molecule has 5 aliphatic carbocycles. The van der Waals surface area contributed by atoms with Gasteiger partial charge in [0.25, 0.3) is 0 Å². The van der Waals surface area contributed by atoms with Gasteiger partial charge in [0.1, 0.15) is 11.2 Å². The Morgan fingerprint density at radius 1 is 0.655 bits per heavy atom. The lowest BCUT2D eigenvalue weighted by molar-refractivity contribution is 0.670. The minimum Gasteiger partial charge on any atom is -0.455 e. The first-order chi connectivity index (χ1) is 27.3. The molecule has 0 N–H and O–H groups in total. The third-order valence-corrected chi connectivity index (χ3v) is 12.6. The van der Waals surface area contributed by atoms with Crippen LogP contribution < -0.4 is 0 Å². The zero-order valence-electron chi connectivity index (χ0n) is 30.4. The minimum atomic E-state index is 0.212. The maximum absolute atomic E-state index is 6.88. The summed E-state index contributed by atoms with van der Waals surface area (Å²) < 4.78 is 6.88. The molecule has 0 aliphatic heterocycles. The lowest BCUT2D eigenvalue weighted by atomic mass is 9.67. The van der Waals surface area contributed by atoms with Gasteiger partial charge in [0.15, 0.2) is 0 Å². The van der Waals surface area contributed by atoms with Gasteiger partial charge in [-0.15, -0.1) is 0 Å². The number of nitrogens with zero attached hydrogens (tertiary/aromatic N) is 1. The highest BCUT2D eigenvalue weighted by molar-refractivity contribution is 6.28. The zero-order chi connectivity index (χ0) is 36.0. The van der Waals surface area contributed by atoms with Gasteiger partial charge < -0.3 is 4.42 Å². The average Bonchev–Trinajstić information content (AvgIpc) is 3.66. The first-order valence-corrected chi connectivity index (χ1v) is 19.7. The summed E-state index contributed by atoms with van der Waals surface area (Å²) in [5, 5.41) is 7.25. The van der Waals surface area contributed by atoms with Gasteiger partial charge in [-0.3, -0.25) is 0 Å². The molecule has 0 spiro atoms. The Kier molecular flexibility index (Phi) is 6.74. The monoisotopic (exact) mass is 703 g/mol. The molecule has 2 heterocycles. The third-order valence-electron chi connectivity index (χ3n) is 12.6. The van der Waals surface area contributed by atoms with Gasteiger partial charge in [-0.05, 0) is 110 Å². The van der Waals surface area contributed by atoms with Crippen molar-refractivity contribution in [3.05, 3.63) is 197 Å². The van der Waals surface area contributed by atoms with E-state index in [2.05, 4.69) is 170 Å². The summed E-state index contributed by atoms with van der Waals surface area (Å²) in [6.45, 7) is 0. The van der Waals surface area contributed by atoms with Crippen molar-refractivity contribution in [3.63, 3.8) is 0 Å². The molecule has 3 unspecified atom stereocenters. The van der Waals surface area contributed by atoms with Crippen LogP contribution in [0, 0.1) is 11.8 Å². The predicted molar refractivity (Wildman–Crippen MR) is 231 cm³/mol. The lowest BCUT2D eigenvalue weighted by Gasteiger charge is -2.37. The molecule has 260 valence electrons. The predicted octanol–water partition coefficient (Wildman–Crippen LogP) is 13.7. The first-order valence-electron chi connectivity index (χ1n) is 19.7. The second-order valence-corrected chi connectivity index (χ2v) is 15.6. The van der Waals surface area contributed by atoms with Gasteiger partial charge in [-0.1, -0.05) is 140 Å². The van der Waals surface area contributed by atoms with E-state index in [-0.39, 0.29) is 11.8 Å². The quantitative estimate of drug-likeness (QED) is 0.183. The number of fused-ring (bicyclic) bond motifs is 13. The Labute approximate surface area is 320 Å². The van der Waals surface area contributed by atoms with Crippen LogP contribution in [0.15, 0.2) is 168 Å². The molecule has 0 radical (unpaired) electrons. The molecule has 12 rings (SSSR count). The summed E-state index contributed by atoms with van der Waals surface area (Å²) >= 11 is 0. The van der Waals surface area contributed by atoms with Gasteiger partial charge >= 0.3 is 0 Å². The Morgan fingerprint density at radius 3 is 2.36 bits per heavy atom. The molecule has 0 amide bonds. The van der Waals surface area contributed by atoms with Crippen molar-refractivity contribution in [3.8, 4) is 11.1 Å². The molecule has 0 fully saturated rings. The Balaban J connectivity index is 1.09. The number of allylic oxidation sites excluding steroid dienone is 14. The summed E-state index contributed by atoms with van der Waals surface area (Å²) in [5.74, 6) is 0.826. The van der Waals surface area contributed by atoms with E-state index in [1.807, 2.05) is 0 Å². The average molecular weight is 704 g/mol. The van der Waals surface area contributed by atoms with E-state index >= 15 is 0 Å². The van der Waals surface area contributed by atoms with Gasteiger partial charge in [0.2, 0.25) is 0 Å². The Morgan fingerprint density at radius 2 is 1.47 bits per heavy atom. The third kappa shape index (κ3) is 4.71. The van der Waals surface area contributed by atoms with E-state index in [0.717, 1.165) is 52.9 Å². The Hall–Kier alpha value is -6.51. The molecular formula is C53H37NO. The fourth-order valence-corrected chi connectivity index (χ4v) is 10.0. The van der Waals surface area contributed by atoms with Crippen LogP contribution in [0.2, 0.25) is 0 Å². The molecule has 55 heavy (non-hydrogen) atoms. The highest BCUT2D eigenvalue weighted by atomic mass is 16.3. The number of hydrogen-bond acceptors (Lipinski definition) is 2. The van der Waals surface area contributed by atoms with Crippen molar-refractivity contribution in [1.82, 2.24) is 4.98 Å². The second kappa shape index (κ2) is 12.0. The summed E-state index contributed by atoms with van der Waals surface area (Å²) in [6, 6.07) is 33.2. The smallest absolute Gasteiger partial charge is 0.143 e. The topological polar surface area (TPSA) is 26.0 Å². The molecule has 2 nitrogen and oxygen atoms in total. The molecule has 2 heteroatoms. The lowest BCUT2D eigenvalue weighted by Crippen LogP contribution is -2.24. The van der Waals surface area contributed by atoms with Crippen LogP contribution in [0.5, 0.6) is 0 Å². The van der Waals surface area contributed by atoms with Crippen molar-refractivity contribution in [2.24, 2.45) is 11.8 Å². The number of pyridine rings is 1. The van der Waals surface area contributed by atoms with Crippen molar-refractivity contribution in [1.29, 1.82) is 0 Å². The molecule has 5 aromatic carbocycles. The minimum absolute atomic E-state index is 0.212. The van der Waals surface area contributed by atoms with Gasteiger partial charge in [-0.25, -0.2) is 4.98 Å². The van der Waals surface area contributed by atoms with E-state index in [0.29, 0.717) is 5.92 Å². The van der Waals surface area contributed by atoms with Crippen molar-refractivity contribution in [2.45, 2.75) is 25.2 Å². The highest BCUT2D eigenvalue weighted by Crippen LogP contribution is 2.52. The van der Waals surface area contributed by atoms with Crippen LogP contribution in [-0.2, 0) is 6.42 Å². The first kappa shape index (κ1) is 30.9. The summed E-state index contributed by atoms with van der Waals surface area (Å²) in [6.07, 6.45) is 33.3. The number of hydrogen-bond donors (Lipinski definition) is 0. The van der Waals surface area contributed by atoms with Crippen LogP contribution in [0.1, 0.15) is 52.4 Å². The highest BCUT2D eigenvalue weighted by Gasteiger charge is 2.37. The van der Waals surface area contributed by atoms with Crippen LogP contribution in [0.3, 0.4) is 0 Å². The maximum atomic E-state index is 6.88. The normalized spacial score (nSPS) is 20.7. The molecule has 3 atom stereocenters. The van der Waals surface area contributed by atoms with Crippen molar-refractivity contribution < 1.29 is 4.42 Å². The molecule has 0 saturated carbocycles. The number of aromatic nitrogens is 1. The van der Waals surface area contributed by atoms with E-state index in [4.69, 9.17) is 9.40 Å². The summed E-state index contributed by atoms with van der Waals surface area (Å²) in [7, 11) is 0. The van der Waals surface area contributed by atoms with Crippen molar-refractivity contribution >= 4 is 66.8 Å². The fraction of sp³-hybridized carbons (Fsp3) is 0.113. The number of rotatable bonds is 3. The molecule has 0 saturated heterocycles. The fourth-order valence-electron chi connectivity index (χ4n) is 10.0. The number of benzene rings is 5. The van der Waals surface area contributed by atoms with E-state index in [1.165, 1.54) is 71.3 Å². The molecule has 7 aromatic rings. The van der Waals surface area contributed by atoms with Crippen LogP contribution in [-0.4, -0.2) is 4.98 Å².